The molecule has 140 valence electrons. The van der Waals surface area contributed by atoms with Crippen LogP contribution in [0.1, 0.15) is 22.3 Å². The molecule has 1 aliphatic rings. The molecule has 0 spiro atoms. The van der Waals surface area contributed by atoms with Gasteiger partial charge in [0.05, 0.1) is 18.0 Å². The van der Waals surface area contributed by atoms with Crippen LogP contribution in [0.5, 0.6) is 0 Å². The van der Waals surface area contributed by atoms with Crippen molar-refractivity contribution < 1.29 is 0 Å². The van der Waals surface area contributed by atoms with Gasteiger partial charge in [-0.2, -0.15) is 0 Å². The predicted molar refractivity (Wildman–Crippen MR) is 118 cm³/mol. The van der Waals surface area contributed by atoms with Gasteiger partial charge >= 0.3 is 0 Å². The summed E-state index contributed by atoms with van der Waals surface area (Å²) in [5, 5.41) is 3.30. The first kappa shape index (κ1) is 17.3. The summed E-state index contributed by atoms with van der Waals surface area (Å²) in [6, 6.07) is 26.8. The number of fused-ring (bicyclic) bond motifs is 3. The van der Waals surface area contributed by atoms with Crippen LogP contribution >= 0.6 is 0 Å². The number of hydrogen-bond donors (Lipinski definition) is 1. The molecule has 5 rings (SSSR count). The lowest BCUT2D eigenvalue weighted by molar-refractivity contribution is 1.02. The Morgan fingerprint density at radius 3 is 2.38 bits per heavy atom. The molecule has 4 heteroatoms. The summed E-state index contributed by atoms with van der Waals surface area (Å²) < 4.78 is 0. The summed E-state index contributed by atoms with van der Waals surface area (Å²) in [6.45, 7) is 2.66. The Kier molecular flexibility index (Phi) is 4.37. The van der Waals surface area contributed by atoms with Gasteiger partial charge in [0.2, 0.25) is 5.95 Å². The summed E-state index contributed by atoms with van der Waals surface area (Å²) in [5.41, 5.74) is 8.44. The number of aromatic nitrogens is 2. The van der Waals surface area contributed by atoms with Crippen LogP contribution in [0.4, 0.5) is 11.6 Å². The predicted octanol–water partition coefficient (Wildman–Crippen LogP) is 5.55. The molecule has 0 saturated carbocycles. The number of aliphatic imine (C=N–C) groups is 1. The molecule has 0 bridgehead atoms. The van der Waals surface area contributed by atoms with E-state index in [0.717, 1.165) is 39.3 Å². The number of nitrogens with one attached hydrogen (secondary N) is 1. The Hall–Kier alpha value is -3.79. The van der Waals surface area contributed by atoms with E-state index in [-0.39, 0.29) is 0 Å². The number of hydrogen-bond acceptors (Lipinski definition) is 4. The van der Waals surface area contributed by atoms with Crippen LogP contribution < -0.4 is 5.32 Å². The average molecular weight is 376 g/mol. The highest BCUT2D eigenvalue weighted by Crippen LogP contribution is 2.32. The number of benzene rings is 3. The van der Waals surface area contributed by atoms with E-state index in [1.807, 2.05) is 54.7 Å². The highest BCUT2D eigenvalue weighted by atomic mass is 15.1. The fourth-order valence-electron chi connectivity index (χ4n) is 3.62. The fraction of sp³-hybridized carbons (Fsp3) is 0.0800. The van der Waals surface area contributed by atoms with Gasteiger partial charge in [-0.05, 0) is 25.1 Å². The summed E-state index contributed by atoms with van der Waals surface area (Å²) in [4.78, 5) is 14.3. The van der Waals surface area contributed by atoms with Gasteiger partial charge in [0.1, 0.15) is 0 Å². The first-order valence-corrected chi connectivity index (χ1v) is 9.67. The fourth-order valence-corrected chi connectivity index (χ4v) is 3.62. The molecule has 4 aromatic rings. The molecule has 2 heterocycles. The van der Waals surface area contributed by atoms with E-state index in [0.29, 0.717) is 12.5 Å². The average Bonchev–Trinajstić information content (AvgIpc) is 2.91. The standard InChI is InChI=1S/C25H20N4/c1-17-12-13-21-22(14-17)23(18-8-4-2-5-9-18)26-15-19-16-27-25(29-24(19)21)28-20-10-6-3-7-11-20/h2-14,16H,15H2,1H3,(H,27,28,29). The van der Waals surface area contributed by atoms with E-state index in [9.17, 15) is 0 Å². The Balaban J connectivity index is 1.63. The van der Waals surface area contributed by atoms with Gasteiger partial charge in [0, 0.05) is 34.1 Å². The number of nitrogens with zero attached hydrogens (tertiary/aromatic N) is 3. The zero-order chi connectivity index (χ0) is 19.6. The van der Waals surface area contributed by atoms with Gasteiger partial charge in [-0.1, -0.05) is 66.2 Å². The van der Waals surface area contributed by atoms with Crippen molar-refractivity contribution in [3.8, 4) is 11.3 Å². The molecule has 0 atom stereocenters. The Bertz CT molecular complexity index is 1200. The summed E-state index contributed by atoms with van der Waals surface area (Å²) in [5.74, 6) is 0.588. The molecule has 1 aromatic heterocycles. The maximum atomic E-state index is 4.95. The molecule has 0 unspecified atom stereocenters. The molecule has 1 N–H and O–H groups in total. The van der Waals surface area contributed by atoms with Crippen molar-refractivity contribution in [3.63, 3.8) is 0 Å². The van der Waals surface area contributed by atoms with Crippen molar-refractivity contribution in [2.75, 3.05) is 5.32 Å². The second-order valence-corrected chi connectivity index (χ2v) is 7.14. The van der Waals surface area contributed by atoms with Crippen LogP contribution in [-0.4, -0.2) is 15.7 Å². The monoisotopic (exact) mass is 376 g/mol. The van der Waals surface area contributed by atoms with Gasteiger partial charge < -0.3 is 5.32 Å². The SMILES string of the molecule is Cc1ccc2c(c1)C(c1ccccc1)=NCc1cnc(Nc3ccccc3)nc1-2. The summed E-state index contributed by atoms with van der Waals surface area (Å²) in [7, 11) is 0. The zero-order valence-electron chi connectivity index (χ0n) is 16.1. The Morgan fingerprint density at radius 1 is 0.828 bits per heavy atom. The van der Waals surface area contributed by atoms with E-state index >= 15 is 0 Å². The largest absolute Gasteiger partial charge is 0.324 e. The minimum atomic E-state index is 0.554. The van der Waals surface area contributed by atoms with Crippen molar-refractivity contribution in [1.82, 2.24) is 9.97 Å². The highest BCUT2D eigenvalue weighted by Gasteiger charge is 2.21. The number of aryl methyl sites for hydroxylation is 1. The van der Waals surface area contributed by atoms with Crippen molar-refractivity contribution in [2.45, 2.75) is 13.5 Å². The third-order valence-corrected chi connectivity index (χ3v) is 5.03. The molecule has 0 saturated heterocycles. The smallest absolute Gasteiger partial charge is 0.227 e. The van der Waals surface area contributed by atoms with E-state index in [4.69, 9.17) is 9.98 Å². The molecule has 1 aliphatic heterocycles. The third kappa shape index (κ3) is 3.41. The normalized spacial score (nSPS) is 12.4. The van der Waals surface area contributed by atoms with Crippen LogP contribution in [0, 0.1) is 6.92 Å². The Morgan fingerprint density at radius 2 is 1.59 bits per heavy atom. The minimum absolute atomic E-state index is 0.554. The van der Waals surface area contributed by atoms with Gasteiger partial charge in [0.25, 0.3) is 0 Å². The maximum absolute atomic E-state index is 4.95. The van der Waals surface area contributed by atoms with E-state index in [2.05, 4.69) is 47.6 Å². The zero-order valence-corrected chi connectivity index (χ0v) is 16.1. The van der Waals surface area contributed by atoms with Gasteiger partial charge in [-0.3, -0.25) is 4.99 Å². The van der Waals surface area contributed by atoms with Crippen LogP contribution in [0.15, 0.2) is 90.1 Å². The maximum Gasteiger partial charge on any atom is 0.227 e. The van der Waals surface area contributed by atoms with Crippen molar-refractivity contribution >= 4 is 17.3 Å². The molecule has 29 heavy (non-hydrogen) atoms. The molecular weight excluding hydrogens is 356 g/mol. The van der Waals surface area contributed by atoms with Crippen LogP contribution in [0.25, 0.3) is 11.3 Å². The molecule has 3 aromatic carbocycles. The van der Waals surface area contributed by atoms with Crippen molar-refractivity contribution in [2.24, 2.45) is 4.99 Å². The van der Waals surface area contributed by atoms with Gasteiger partial charge in [0.15, 0.2) is 0 Å². The highest BCUT2D eigenvalue weighted by molar-refractivity contribution is 6.16. The molecule has 4 nitrogen and oxygen atoms in total. The first-order valence-electron chi connectivity index (χ1n) is 9.67. The van der Waals surface area contributed by atoms with Crippen molar-refractivity contribution in [3.05, 3.63) is 107 Å². The lowest BCUT2D eigenvalue weighted by Crippen LogP contribution is -2.05. The van der Waals surface area contributed by atoms with E-state index in [1.54, 1.807) is 0 Å². The topological polar surface area (TPSA) is 50.2 Å². The van der Waals surface area contributed by atoms with Crippen molar-refractivity contribution in [1.29, 1.82) is 0 Å². The Labute approximate surface area is 170 Å². The van der Waals surface area contributed by atoms with Crippen LogP contribution in [0.3, 0.4) is 0 Å². The third-order valence-electron chi connectivity index (χ3n) is 5.03. The second kappa shape index (κ2) is 7.32. The molecule has 0 fully saturated rings. The summed E-state index contributed by atoms with van der Waals surface area (Å²) in [6.07, 6.45) is 1.88. The molecule has 0 aliphatic carbocycles. The van der Waals surface area contributed by atoms with Crippen LogP contribution in [-0.2, 0) is 6.54 Å². The first-order chi connectivity index (χ1) is 14.3. The lowest BCUT2D eigenvalue weighted by atomic mass is 9.94. The number of para-hydroxylation sites is 1. The molecule has 0 radical (unpaired) electrons. The quantitative estimate of drug-likeness (QED) is 0.510. The molecule has 0 amide bonds. The summed E-state index contributed by atoms with van der Waals surface area (Å²) >= 11 is 0. The number of rotatable bonds is 3. The van der Waals surface area contributed by atoms with E-state index < -0.39 is 0 Å². The van der Waals surface area contributed by atoms with Crippen LogP contribution in [0.2, 0.25) is 0 Å². The second-order valence-electron chi connectivity index (χ2n) is 7.14. The van der Waals surface area contributed by atoms with Gasteiger partial charge in [-0.25, -0.2) is 9.97 Å². The lowest BCUT2D eigenvalue weighted by Gasteiger charge is -2.13. The van der Waals surface area contributed by atoms with Gasteiger partial charge in [-0.15, -0.1) is 0 Å². The minimum Gasteiger partial charge on any atom is -0.324 e. The van der Waals surface area contributed by atoms with E-state index in [1.165, 1.54) is 5.56 Å². The molecular formula is C25H20N4. The number of anilines is 2.